The Kier molecular flexibility index (Phi) is 4.93. The number of furan rings is 1. The molecule has 1 rings (SSSR count). The molecule has 0 radical (unpaired) electrons. The molecule has 6 nitrogen and oxygen atoms in total. The van der Waals surface area contributed by atoms with E-state index >= 15 is 0 Å². The lowest BCUT2D eigenvalue weighted by molar-refractivity contribution is -0.402. The summed E-state index contributed by atoms with van der Waals surface area (Å²) < 4.78 is 4.86. The van der Waals surface area contributed by atoms with E-state index in [2.05, 4.69) is 5.32 Å². The first-order chi connectivity index (χ1) is 8.13. The van der Waals surface area contributed by atoms with Gasteiger partial charge in [0.25, 0.3) is 0 Å². The van der Waals surface area contributed by atoms with Crippen LogP contribution >= 0.6 is 0 Å². The molecule has 0 unspecified atom stereocenters. The van der Waals surface area contributed by atoms with Crippen molar-refractivity contribution in [1.82, 2.24) is 5.32 Å². The smallest absolute Gasteiger partial charge is 0.401 e. The number of nitrogens with one attached hydrogen (secondary N) is 1. The van der Waals surface area contributed by atoms with E-state index in [0.717, 1.165) is 12.8 Å². The largest absolute Gasteiger partial charge is 0.433 e. The van der Waals surface area contributed by atoms with Gasteiger partial charge in [0.15, 0.2) is 0 Å². The van der Waals surface area contributed by atoms with Gasteiger partial charge in [-0.05, 0) is 18.6 Å². The van der Waals surface area contributed by atoms with Crippen LogP contribution in [0.25, 0.3) is 6.08 Å². The van der Waals surface area contributed by atoms with Crippen LogP contribution in [0.4, 0.5) is 5.88 Å². The Hall–Kier alpha value is -2.11. The molecule has 0 aliphatic carbocycles. The van der Waals surface area contributed by atoms with Gasteiger partial charge in [-0.25, -0.2) is 0 Å². The zero-order chi connectivity index (χ0) is 12.7. The lowest BCUT2D eigenvalue weighted by Crippen LogP contribution is -2.21. The van der Waals surface area contributed by atoms with Crippen LogP contribution in [0.5, 0.6) is 0 Å². The molecule has 6 heteroatoms. The van der Waals surface area contributed by atoms with E-state index in [9.17, 15) is 14.9 Å². The Morgan fingerprint density at radius 2 is 2.35 bits per heavy atom. The molecule has 0 saturated heterocycles. The average Bonchev–Trinajstić information content (AvgIpc) is 2.75. The molecule has 0 spiro atoms. The number of hydrogen-bond acceptors (Lipinski definition) is 4. The van der Waals surface area contributed by atoms with Crippen molar-refractivity contribution < 1.29 is 14.1 Å². The summed E-state index contributed by atoms with van der Waals surface area (Å²) in [6.07, 6.45) is 4.62. The van der Waals surface area contributed by atoms with Crippen LogP contribution < -0.4 is 5.32 Å². The van der Waals surface area contributed by atoms with Crippen LogP contribution in [-0.2, 0) is 4.79 Å². The Morgan fingerprint density at radius 3 is 2.94 bits per heavy atom. The van der Waals surface area contributed by atoms with E-state index in [1.165, 1.54) is 24.3 Å². The predicted octanol–water partition coefficient (Wildman–Crippen LogP) is 2.12. The highest BCUT2D eigenvalue weighted by molar-refractivity contribution is 5.91. The number of carbonyl (C=O) groups excluding carboxylic acids is 1. The maximum atomic E-state index is 11.3. The van der Waals surface area contributed by atoms with Crippen LogP contribution in [0.3, 0.4) is 0 Å². The van der Waals surface area contributed by atoms with Crippen molar-refractivity contribution in [3.05, 3.63) is 34.1 Å². The zero-order valence-corrected chi connectivity index (χ0v) is 9.51. The van der Waals surface area contributed by atoms with Gasteiger partial charge < -0.3 is 9.73 Å². The van der Waals surface area contributed by atoms with Gasteiger partial charge in [0.1, 0.15) is 10.7 Å². The molecule has 1 aromatic rings. The van der Waals surface area contributed by atoms with E-state index < -0.39 is 4.92 Å². The number of unbranched alkanes of at least 4 members (excludes halogenated alkanes) is 1. The molecule has 0 saturated carbocycles. The molecule has 0 aliphatic heterocycles. The second kappa shape index (κ2) is 6.47. The fourth-order valence-electron chi connectivity index (χ4n) is 1.14. The number of hydrogen-bond donors (Lipinski definition) is 1. The molecule has 0 fully saturated rings. The fraction of sp³-hybridized carbons (Fsp3) is 0.364. The van der Waals surface area contributed by atoms with Crippen molar-refractivity contribution in [2.24, 2.45) is 0 Å². The summed E-state index contributed by atoms with van der Waals surface area (Å²) in [5.41, 5.74) is 0. The molecule has 1 aromatic heterocycles. The molecular weight excluding hydrogens is 224 g/mol. The minimum Gasteiger partial charge on any atom is -0.401 e. The summed E-state index contributed by atoms with van der Waals surface area (Å²) in [7, 11) is 0. The van der Waals surface area contributed by atoms with E-state index in [1.807, 2.05) is 6.92 Å². The van der Waals surface area contributed by atoms with Crippen molar-refractivity contribution in [3.63, 3.8) is 0 Å². The van der Waals surface area contributed by atoms with E-state index in [1.54, 1.807) is 0 Å². The maximum absolute atomic E-state index is 11.3. The predicted molar refractivity (Wildman–Crippen MR) is 62.3 cm³/mol. The molecular formula is C11H14N2O4. The van der Waals surface area contributed by atoms with Gasteiger partial charge in [-0.15, -0.1) is 0 Å². The van der Waals surface area contributed by atoms with Crippen molar-refractivity contribution in [2.75, 3.05) is 6.54 Å². The van der Waals surface area contributed by atoms with Crippen molar-refractivity contribution >= 4 is 17.9 Å². The van der Waals surface area contributed by atoms with Crippen LogP contribution in [0.2, 0.25) is 0 Å². The first kappa shape index (κ1) is 13.0. The summed E-state index contributed by atoms with van der Waals surface area (Å²) in [6.45, 7) is 2.65. The fourth-order valence-corrected chi connectivity index (χ4v) is 1.14. The minimum atomic E-state index is -0.626. The minimum absolute atomic E-state index is 0.238. The van der Waals surface area contributed by atoms with Gasteiger partial charge in [0, 0.05) is 12.6 Å². The van der Waals surface area contributed by atoms with Gasteiger partial charge in [0.2, 0.25) is 5.91 Å². The maximum Gasteiger partial charge on any atom is 0.433 e. The molecule has 1 N–H and O–H groups in total. The van der Waals surface area contributed by atoms with Gasteiger partial charge in [-0.1, -0.05) is 13.3 Å². The third-order valence-corrected chi connectivity index (χ3v) is 2.02. The van der Waals surface area contributed by atoms with E-state index in [4.69, 9.17) is 4.42 Å². The summed E-state index contributed by atoms with van der Waals surface area (Å²) in [6, 6.07) is 2.68. The topological polar surface area (TPSA) is 85.4 Å². The highest BCUT2D eigenvalue weighted by atomic mass is 16.6. The lowest BCUT2D eigenvalue weighted by Gasteiger charge is -1.98. The second-order valence-corrected chi connectivity index (χ2v) is 3.41. The van der Waals surface area contributed by atoms with Crippen molar-refractivity contribution in [1.29, 1.82) is 0 Å². The Balaban J connectivity index is 2.46. The van der Waals surface area contributed by atoms with Crippen LogP contribution in [0, 0.1) is 10.1 Å². The summed E-state index contributed by atoms with van der Waals surface area (Å²) in [5, 5.41) is 13.0. The molecule has 0 atom stereocenters. The highest BCUT2D eigenvalue weighted by Gasteiger charge is 2.09. The standard InChI is InChI=1S/C11H14N2O4/c1-2-3-8-12-10(14)6-4-9-5-7-11(17-9)13(15)16/h4-7H,2-3,8H2,1H3,(H,12,14)/b6-4+. The van der Waals surface area contributed by atoms with Gasteiger partial charge in [0.05, 0.1) is 6.07 Å². The molecule has 92 valence electrons. The third-order valence-electron chi connectivity index (χ3n) is 2.02. The summed E-state index contributed by atoms with van der Waals surface area (Å²) >= 11 is 0. The zero-order valence-electron chi connectivity index (χ0n) is 9.51. The molecule has 1 amide bonds. The number of rotatable bonds is 6. The Morgan fingerprint density at radius 1 is 1.59 bits per heavy atom. The molecule has 0 aromatic carbocycles. The van der Waals surface area contributed by atoms with E-state index in [-0.39, 0.29) is 17.6 Å². The monoisotopic (exact) mass is 238 g/mol. The SMILES string of the molecule is CCCCNC(=O)/C=C/c1ccc([N+](=O)[O-])o1. The number of amides is 1. The summed E-state index contributed by atoms with van der Waals surface area (Å²) in [4.78, 5) is 21.0. The Labute approximate surface area is 98.5 Å². The van der Waals surface area contributed by atoms with E-state index in [0.29, 0.717) is 6.54 Å². The Bertz CT molecular complexity index is 423. The molecule has 17 heavy (non-hydrogen) atoms. The van der Waals surface area contributed by atoms with Crippen molar-refractivity contribution in [2.45, 2.75) is 19.8 Å². The third kappa shape index (κ3) is 4.50. The lowest BCUT2D eigenvalue weighted by atomic mass is 10.3. The average molecular weight is 238 g/mol. The highest BCUT2D eigenvalue weighted by Crippen LogP contribution is 2.16. The van der Waals surface area contributed by atoms with Crippen LogP contribution in [-0.4, -0.2) is 17.4 Å². The molecule has 0 bridgehead atoms. The normalized spacial score (nSPS) is 10.6. The number of carbonyl (C=O) groups is 1. The van der Waals surface area contributed by atoms with Gasteiger partial charge >= 0.3 is 5.88 Å². The molecule has 1 heterocycles. The first-order valence-electron chi connectivity index (χ1n) is 5.33. The summed E-state index contributed by atoms with van der Waals surface area (Å²) in [5.74, 6) is -0.295. The van der Waals surface area contributed by atoms with Gasteiger partial charge in [-0.3, -0.25) is 14.9 Å². The van der Waals surface area contributed by atoms with Crippen molar-refractivity contribution in [3.8, 4) is 0 Å². The quantitative estimate of drug-likeness (QED) is 0.356. The number of nitro groups is 1. The number of nitrogens with zero attached hydrogens (tertiary/aromatic N) is 1. The first-order valence-corrected chi connectivity index (χ1v) is 5.33. The van der Waals surface area contributed by atoms with Crippen LogP contribution in [0.15, 0.2) is 22.6 Å². The van der Waals surface area contributed by atoms with Gasteiger partial charge in [-0.2, -0.15) is 0 Å². The molecule has 0 aliphatic rings. The second-order valence-electron chi connectivity index (χ2n) is 3.41. The van der Waals surface area contributed by atoms with Crippen LogP contribution in [0.1, 0.15) is 25.5 Å².